The summed E-state index contributed by atoms with van der Waals surface area (Å²) in [7, 11) is -4.64. The van der Waals surface area contributed by atoms with Crippen LogP contribution in [0, 0.1) is 0 Å². The van der Waals surface area contributed by atoms with Crippen LogP contribution in [0.15, 0.2) is 0 Å². The van der Waals surface area contributed by atoms with Crippen molar-refractivity contribution in [2.45, 2.75) is 0 Å². The van der Waals surface area contributed by atoms with Gasteiger partial charge >= 0.3 is 37.4 Å². The van der Waals surface area contributed by atoms with Gasteiger partial charge in [0.15, 0.2) is 0 Å². The summed E-state index contributed by atoms with van der Waals surface area (Å²) in [5, 5.41) is 0. The van der Waals surface area contributed by atoms with Crippen molar-refractivity contribution in [2.75, 3.05) is 0 Å². The Morgan fingerprint density at radius 3 is 1.14 bits per heavy atom. The second-order valence-electron chi connectivity index (χ2n) is 0.513. The van der Waals surface area contributed by atoms with Gasteiger partial charge in [0.2, 0.25) is 0 Å². The third-order valence-electron chi connectivity index (χ3n) is 0. The van der Waals surface area contributed by atoms with Crippen molar-refractivity contribution in [2.24, 2.45) is 0 Å². The van der Waals surface area contributed by atoms with Crippen molar-refractivity contribution >= 4 is 37.4 Å². The van der Waals surface area contributed by atoms with Crippen LogP contribution in [0.25, 0.3) is 0 Å². The largest absolute Gasteiger partial charge is 0 e. The summed E-state index contributed by atoms with van der Waals surface area (Å²) in [5.41, 5.74) is 0. The molecule has 7 heavy (non-hydrogen) atoms. The van der Waals surface area contributed by atoms with Gasteiger partial charge in [0, 0.05) is 19.5 Å². The van der Waals surface area contributed by atoms with Crippen LogP contribution in [0.5, 0.6) is 0 Å². The molecular weight excluding hydrogens is 183 g/mol. The first-order valence-electron chi connectivity index (χ1n) is 0.783. The molecule has 0 rings (SSSR count). The number of hydrogen-bond donors (Lipinski definition) is 3. The van der Waals surface area contributed by atoms with E-state index >= 15 is 0 Å². The smallest absolute Gasteiger partial charge is 0 e. The van der Waals surface area contributed by atoms with Crippen molar-refractivity contribution in [1.29, 1.82) is 0 Å². The first-order chi connectivity index (χ1) is 2.00. The number of rotatable bonds is 0. The van der Waals surface area contributed by atoms with Crippen LogP contribution in [-0.2, 0) is 24.0 Å². The maximum absolute atomic E-state index is 8.88. The molecule has 0 aromatic rings. The summed E-state index contributed by atoms with van der Waals surface area (Å²) in [6.45, 7) is 0. The van der Waals surface area contributed by atoms with Gasteiger partial charge in [-0.15, -0.1) is 0 Å². The van der Waals surface area contributed by atoms with Gasteiger partial charge in [-0.2, -0.15) is 0 Å². The van der Waals surface area contributed by atoms with Crippen molar-refractivity contribution in [3.8, 4) is 0 Å². The van der Waals surface area contributed by atoms with E-state index in [-0.39, 0.29) is 49.0 Å². The maximum Gasteiger partial charge on any atom is 0 e. The summed E-state index contributed by atoms with van der Waals surface area (Å²) in [5.74, 6) is 0. The van der Waals surface area contributed by atoms with Crippen LogP contribution in [-0.4, -0.2) is 44.2 Å². The van der Waals surface area contributed by atoms with E-state index in [9.17, 15) is 0 Å². The molecule has 0 bridgehead atoms. The summed E-state index contributed by atoms with van der Waals surface area (Å²) in [6, 6.07) is 0. The first kappa shape index (κ1) is 15.9. The molecule has 0 aromatic heterocycles. The van der Waals surface area contributed by atoms with Gasteiger partial charge in [-0.3, -0.25) is 0 Å². The number of hydrogen-bond acceptors (Lipinski definition) is 1. The minimum Gasteiger partial charge on any atom is 0 e. The molecule has 0 spiro atoms. The Kier molecular flexibility index (Phi) is 13.3. The van der Waals surface area contributed by atoms with Crippen LogP contribution in [0.3, 0.4) is 0 Å². The summed E-state index contributed by atoms with van der Waals surface area (Å²) in [4.78, 5) is 21.6. The fraction of sp³-hybridized carbons (Fsp3) is 0. The van der Waals surface area contributed by atoms with E-state index in [1.807, 2.05) is 0 Å². The molecule has 0 radical (unpaired) electrons. The zero-order valence-corrected chi connectivity index (χ0v) is 6.77. The van der Waals surface area contributed by atoms with E-state index in [2.05, 4.69) is 0 Å². The third kappa shape index (κ3) is 84.6. The van der Waals surface area contributed by atoms with Crippen molar-refractivity contribution in [3.63, 3.8) is 0 Å². The molecule has 0 unspecified atom stereocenters. The second-order valence-corrected chi connectivity index (χ2v) is 1.54. The maximum atomic E-state index is 8.88. The minimum absolute atomic E-state index is 0. The first-order valence-corrected chi connectivity index (χ1v) is 2.35. The molecule has 0 fully saturated rings. The fourth-order valence-electron chi connectivity index (χ4n) is 0. The molecule has 0 aliphatic heterocycles. The second kappa shape index (κ2) is 5.86. The molecule has 0 atom stereocenters. The standard InChI is InChI=1S/Na.H3O4P.Zn.H/c;1-5(2,3)4;;/h;(H3,1,2,3,4);;. The summed E-state index contributed by atoms with van der Waals surface area (Å²) < 4.78 is 8.88. The van der Waals surface area contributed by atoms with Crippen LogP contribution in [0.2, 0.25) is 0 Å². The molecule has 0 aliphatic carbocycles. The molecule has 36 valence electrons. The van der Waals surface area contributed by atoms with Crippen molar-refractivity contribution < 1.29 is 38.7 Å². The molecule has 0 heterocycles. The van der Waals surface area contributed by atoms with E-state index in [4.69, 9.17) is 19.2 Å². The summed E-state index contributed by atoms with van der Waals surface area (Å²) >= 11 is 0. The Balaban J connectivity index is -0.0000000800. The molecule has 7 heteroatoms. The Morgan fingerprint density at radius 1 is 1.14 bits per heavy atom. The van der Waals surface area contributed by atoms with Crippen LogP contribution < -0.4 is 0 Å². The molecule has 0 saturated heterocycles. The SMILES string of the molecule is O=P(O)(O)O.[NaH].[Zn]. The van der Waals surface area contributed by atoms with E-state index in [0.717, 1.165) is 0 Å². The normalized spacial score (nSPS) is 8.43. The Labute approximate surface area is 75.6 Å². The van der Waals surface area contributed by atoms with E-state index in [0.29, 0.717) is 0 Å². The fourth-order valence-corrected chi connectivity index (χ4v) is 0. The van der Waals surface area contributed by atoms with Crippen molar-refractivity contribution in [1.82, 2.24) is 0 Å². The third-order valence-corrected chi connectivity index (χ3v) is 0. The number of phosphoric acid groups is 1. The molecule has 0 amide bonds. The van der Waals surface area contributed by atoms with Crippen LogP contribution in [0.1, 0.15) is 0 Å². The zero-order valence-electron chi connectivity index (χ0n) is 2.90. The van der Waals surface area contributed by atoms with Crippen LogP contribution >= 0.6 is 7.82 Å². The average molecular weight is 187 g/mol. The zero-order chi connectivity index (χ0) is 4.50. The van der Waals surface area contributed by atoms with Gasteiger partial charge in [0.05, 0.1) is 0 Å². The summed E-state index contributed by atoms with van der Waals surface area (Å²) in [6.07, 6.45) is 0. The molecular formula is H4NaO4PZn. The topological polar surface area (TPSA) is 77.8 Å². The van der Waals surface area contributed by atoms with E-state index < -0.39 is 7.82 Å². The monoisotopic (exact) mass is 186 g/mol. The van der Waals surface area contributed by atoms with Gasteiger partial charge < -0.3 is 14.7 Å². The molecule has 3 N–H and O–H groups in total. The predicted molar refractivity (Wildman–Crippen MR) is 21.4 cm³/mol. The predicted octanol–water partition coefficient (Wildman–Crippen LogP) is -1.58. The average Bonchev–Trinajstić information content (AvgIpc) is 0.722. The molecule has 0 aromatic carbocycles. The van der Waals surface area contributed by atoms with Gasteiger partial charge in [-0.1, -0.05) is 0 Å². The van der Waals surface area contributed by atoms with Crippen molar-refractivity contribution in [3.05, 3.63) is 0 Å². The van der Waals surface area contributed by atoms with E-state index in [1.54, 1.807) is 0 Å². The molecule has 0 aliphatic rings. The molecule has 4 nitrogen and oxygen atoms in total. The Hall–Kier alpha value is 1.73. The van der Waals surface area contributed by atoms with Gasteiger partial charge in [0.1, 0.15) is 0 Å². The van der Waals surface area contributed by atoms with E-state index in [1.165, 1.54) is 0 Å². The van der Waals surface area contributed by atoms with Gasteiger partial charge in [0.25, 0.3) is 0 Å². The Bertz CT molecular complexity index is 57.8. The van der Waals surface area contributed by atoms with Crippen LogP contribution in [0.4, 0.5) is 0 Å². The Morgan fingerprint density at radius 2 is 1.14 bits per heavy atom. The minimum atomic E-state index is -4.64. The van der Waals surface area contributed by atoms with Gasteiger partial charge in [-0.25, -0.2) is 4.57 Å². The molecule has 0 saturated carbocycles. The quantitative estimate of drug-likeness (QED) is 0.316. The van der Waals surface area contributed by atoms with Gasteiger partial charge in [-0.05, 0) is 0 Å².